The molecule has 1 aliphatic heterocycles. The number of nitrogens with zero attached hydrogens (tertiary/aromatic N) is 2. The van der Waals surface area contributed by atoms with Gasteiger partial charge in [-0.25, -0.2) is 0 Å². The second kappa shape index (κ2) is 7.07. The molecule has 5 nitrogen and oxygen atoms in total. The van der Waals surface area contributed by atoms with Gasteiger partial charge in [0.25, 0.3) is 0 Å². The number of hydrogen-bond donors (Lipinski definition) is 1. The van der Waals surface area contributed by atoms with E-state index in [2.05, 4.69) is 42.9 Å². The summed E-state index contributed by atoms with van der Waals surface area (Å²) in [5.74, 6) is 0.930. The molecular formula is C16H31N3O2. The molecule has 2 fully saturated rings. The van der Waals surface area contributed by atoms with Crippen molar-refractivity contribution >= 4 is 5.91 Å². The minimum Gasteiger partial charge on any atom is -0.379 e. The molecule has 0 aromatic rings. The first-order valence-corrected chi connectivity index (χ1v) is 8.20. The number of amides is 1. The third kappa shape index (κ3) is 4.94. The first-order valence-electron chi connectivity index (χ1n) is 8.20. The molecule has 1 atom stereocenters. The van der Waals surface area contributed by atoms with E-state index in [1.54, 1.807) is 0 Å². The molecule has 1 N–H and O–H groups in total. The molecule has 2 aliphatic rings. The molecule has 21 heavy (non-hydrogen) atoms. The Morgan fingerprint density at radius 1 is 1.38 bits per heavy atom. The molecule has 1 amide bonds. The van der Waals surface area contributed by atoms with Gasteiger partial charge in [-0.05, 0) is 46.6 Å². The third-order valence-electron chi connectivity index (χ3n) is 4.98. The number of carbonyl (C=O) groups is 1. The lowest BCUT2D eigenvalue weighted by Crippen LogP contribution is -2.56. The number of hydrogen-bond acceptors (Lipinski definition) is 4. The highest BCUT2D eigenvalue weighted by Gasteiger charge is 2.32. The monoisotopic (exact) mass is 297 g/mol. The highest BCUT2D eigenvalue weighted by atomic mass is 16.5. The molecule has 1 heterocycles. The lowest BCUT2D eigenvalue weighted by Gasteiger charge is -2.41. The summed E-state index contributed by atoms with van der Waals surface area (Å²) in [6.07, 6.45) is 2.63. The predicted molar refractivity (Wildman–Crippen MR) is 84.3 cm³/mol. The zero-order chi connectivity index (χ0) is 15.5. The number of morpholine rings is 1. The van der Waals surface area contributed by atoms with Gasteiger partial charge in [0.15, 0.2) is 0 Å². The first kappa shape index (κ1) is 16.7. The summed E-state index contributed by atoms with van der Waals surface area (Å²) in [6, 6.07) is 0.517. The molecule has 0 aromatic carbocycles. The number of carbonyl (C=O) groups excluding carboxylic acids is 1. The lowest BCUT2D eigenvalue weighted by atomic mass is 10.0. The molecular weight excluding hydrogens is 266 g/mol. The summed E-state index contributed by atoms with van der Waals surface area (Å²) in [5.41, 5.74) is -0.0138. The van der Waals surface area contributed by atoms with Crippen LogP contribution in [-0.4, -0.2) is 73.7 Å². The van der Waals surface area contributed by atoms with Crippen molar-refractivity contribution in [3.8, 4) is 0 Å². The van der Waals surface area contributed by atoms with Crippen molar-refractivity contribution in [3.05, 3.63) is 0 Å². The van der Waals surface area contributed by atoms with Gasteiger partial charge in [-0.15, -0.1) is 0 Å². The van der Waals surface area contributed by atoms with Crippen LogP contribution in [-0.2, 0) is 9.53 Å². The minimum atomic E-state index is -0.0138. The van der Waals surface area contributed by atoms with E-state index >= 15 is 0 Å². The molecule has 1 saturated carbocycles. The van der Waals surface area contributed by atoms with Crippen molar-refractivity contribution in [2.45, 2.75) is 45.2 Å². The number of likely N-dealkylation sites (N-methyl/N-ethyl adjacent to an activating group) is 1. The van der Waals surface area contributed by atoms with Crippen LogP contribution in [0.1, 0.15) is 33.6 Å². The van der Waals surface area contributed by atoms with E-state index in [4.69, 9.17) is 4.74 Å². The molecule has 1 saturated heterocycles. The van der Waals surface area contributed by atoms with Crippen LogP contribution in [0.5, 0.6) is 0 Å². The smallest absolute Gasteiger partial charge is 0.234 e. The lowest BCUT2D eigenvalue weighted by molar-refractivity contribution is -0.123. The van der Waals surface area contributed by atoms with Crippen molar-refractivity contribution in [1.29, 1.82) is 0 Å². The van der Waals surface area contributed by atoms with E-state index in [1.165, 1.54) is 12.8 Å². The third-order valence-corrected chi connectivity index (χ3v) is 4.98. The van der Waals surface area contributed by atoms with E-state index in [0.717, 1.165) is 32.2 Å². The molecule has 122 valence electrons. The minimum absolute atomic E-state index is 0.0138. The van der Waals surface area contributed by atoms with Crippen LogP contribution in [0.2, 0.25) is 0 Å². The second-order valence-electron chi connectivity index (χ2n) is 7.18. The molecule has 1 aliphatic carbocycles. The van der Waals surface area contributed by atoms with Crippen molar-refractivity contribution in [3.63, 3.8) is 0 Å². The van der Waals surface area contributed by atoms with Gasteiger partial charge in [-0.3, -0.25) is 14.6 Å². The van der Waals surface area contributed by atoms with Gasteiger partial charge in [0.05, 0.1) is 19.8 Å². The van der Waals surface area contributed by atoms with E-state index in [0.29, 0.717) is 19.1 Å². The summed E-state index contributed by atoms with van der Waals surface area (Å²) >= 11 is 0. The maximum atomic E-state index is 12.1. The van der Waals surface area contributed by atoms with Crippen LogP contribution < -0.4 is 5.32 Å². The highest BCUT2D eigenvalue weighted by molar-refractivity contribution is 5.78. The highest BCUT2D eigenvalue weighted by Crippen LogP contribution is 2.34. The van der Waals surface area contributed by atoms with Gasteiger partial charge >= 0.3 is 0 Å². The molecule has 0 aromatic heterocycles. The van der Waals surface area contributed by atoms with Crippen LogP contribution in [0.3, 0.4) is 0 Å². The Morgan fingerprint density at radius 2 is 2.00 bits per heavy atom. The van der Waals surface area contributed by atoms with E-state index in [-0.39, 0.29) is 11.4 Å². The Kier molecular flexibility index (Phi) is 5.63. The standard InChI is InChI=1S/C16H31N3O2/c1-13(14-5-6-14)18(4)11-15(20)17-12-16(2,3)19-7-9-21-10-8-19/h13-14H,5-12H2,1-4H3,(H,17,20). The average molecular weight is 297 g/mol. The fourth-order valence-electron chi connectivity index (χ4n) is 2.96. The summed E-state index contributed by atoms with van der Waals surface area (Å²) in [4.78, 5) is 16.7. The SMILES string of the molecule is CC(C1CC1)N(C)CC(=O)NCC(C)(C)N1CCOCC1. The van der Waals surface area contributed by atoms with Crippen LogP contribution in [0.25, 0.3) is 0 Å². The summed E-state index contributed by atoms with van der Waals surface area (Å²) in [6.45, 7) is 11.3. The number of nitrogens with one attached hydrogen (secondary N) is 1. The van der Waals surface area contributed by atoms with Crippen LogP contribution in [0, 0.1) is 5.92 Å². The van der Waals surface area contributed by atoms with E-state index in [9.17, 15) is 4.79 Å². The van der Waals surface area contributed by atoms with Crippen molar-refractivity contribution in [2.75, 3.05) is 46.4 Å². The Bertz CT molecular complexity index is 349. The first-order chi connectivity index (χ1) is 9.90. The Balaban J connectivity index is 1.71. The Labute approximate surface area is 129 Å². The van der Waals surface area contributed by atoms with Crippen molar-refractivity contribution in [2.24, 2.45) is 5.92 Å². The van der Waals surface area contributed by atoms with Crippen molar-refractivity contribution in [1.82, 2.24) is 15.1 Å². The number of rotatable bonds is 7. The topological polar surface area (TPSA) is 44.8 Å². The average Bonchev–Trinajstić information content (AvgIpc) is 3.30. The summed E-state index contributed by atoms with van der Waals surface area (Å²) in [5, 5.41) is 3.10. The van der Waals surface area contributed by atoms with Gasteiger partial charge in [-0.1, -0.05) is 0 Å². The quantitative estimate of drug-likeness (QED) is 0.760. The van der Waals surface area contributed by atoms with Gasteiger partial charge < -0.3 is 10.1 Å². The molecule has 2 rings (SSSR count). The van der Waals surface area contributed by atoms with Crippen LogP contribution in [0.15, 0.2) is 0 Å². The van der Waals surface area contributed by atoms with Crippen molar-refractivity contribution < 1.29 is 9.53 Å². The van der Waals surface area contributed by atoms with Gasteiger partial charge in [-0.2, -0.15) is 0 Å². The number of ether oxygens (including phenoxy) is 1. The maximum Gasteiger partial charge on any atom is 0.234 e. The van der Waals surface area contributed by atoms with Crippen LogP contribution >= 0.6 is 0 Å². The molecule has 0 spiro atoms. The zero-order valence-corrected chi connectivity index (χ0v) is 14.0. The largest absolute Gasteiger partial charge is 0.379 e. The van der Waals surface area contributed by atoms with Gasteiger partial charge in [0.1, 0.15) is 0 Å². The molecule has 0 radical (unpaired) electrons. The molecule has 1 unspecified atom stereocenters. The zero-order valence-electron chi connectivity index (χ0n) is 14.0. The predicted octanol–water partition coefficient (Wildman–Crippen LogP) is 0.944. The van der Waals surface area contributed by atoms with Gasteiger partial charge in [0.2, 0.25) is 5.91 Å². The van der Waals surface area contributed by atoms with Crippen LogP contribution in [0.4, 0.5) is 0 Å². The second-order valence-corrected chi connectivity index (χ2v) is 7.18. The van der Waals surface area contributed by atoms with Gasteiger partial charge in [0, 0.05) is 31.2 Å². The Morgan fingerprint density at radius 3 is 2.57 bits per heavy atom. The molecule has 5 heteroatoms. The Hall–Kier alpha value is -0.650. The normalized spacial score (nSPS) is 22.3. The van der Waals surface area contributed by atoms with E-state index in [1.807, 2.05) is 0 Å². The summed E-state index contributed by atoms with van der Waals surface area (Å²) in [7, 11) is 2.05. The maximum absolute atomic E-state index is 12.1. The molecule has 0 bridgehead atoms. The fourth-order valence-corrected chi connectivity index (χ4v) is 2.96. The van der Waals surface area contributed by atoms with E-state index < -0.39 is 0 Å². The summed E-state index contributed by atoms with van der Waals surface area (Å²) < 4.78 is 5.39. The fraction of sp³-hybridized carbons (Fsp3) is 0.938.